The van der Waals surface area contributed by atoms with Gasteiger partial charge in [0.15, 0.2) is 23.0 Å². The molecule has 0 atom stereocenters. The number of rotatable bonds is 7. The Bertz CT molecular complexity index is 622. The molecule has 0 aliphatic heterocycles. The fraction of sp³-hybridized carbons (Fsp3) is 0.333. The first-order valence-electron chi connectivity index (χ1n) is 7.53. The van der Waals surface area contributed by atoms with Gasteiger partial charge >= 0.3 is 0 Å². The van der Waals surface area contributed by atoms with Gasteiger partial charge < -0.3 is 19.7 Å². The number of hydrogen-bond acceptors (Lipinski definition) is 4. The van der Waals surface area contributed by atoms with Gasteiger partial charge in [-0.25, -0.2) is 0 Å². The van der Waals surface area contributed by atoms with Crippen LogP contribution in [0.15, 0.2) is 36.4 Å². The molecule has 0 aromatic heterocycles. The van der Waals surface area contributed by atoms with E-state index in [0.717, 1.165) is 35.5 Å². The Morgan fingerprint density at radius 1 is 0.727 bits per heavy atom. The van der Waals surface area contributed by atoms with E-state index in [1.54, 1.807) is 6.07 Å². The Balaban J connectivity index is 2.08. The second kappa shape index (κ2) is 7.59. The molecule has 4 nitrogen and oxygen atoms in total. The minimum Gasteiger partial charge on any atom is -0.504 e. The molecule has 2 rings (SSSR count). The molecular formula is C18H22O4. The van der Waals surface area contributed by atoms with Crippen molar-refractivity contribution in [2.45, 2.75) is 26.7 Å². The SMILES string of the molecule is CCOc1ccc(CCc2ccc(O)c(O)c2)cc1OCC. The third-order valence-corrected chi connectivity index (χ3v) is 3.35. The summed E-state index contributed by atoms with van der Waals surface area (Å²) in [5.41, 5.74) is 2.11. The van der Waals surface area contributed by atoms with E-state index in [0.29, 0.717) is 13.2 Å². The van der Waals surface area contributed by atoms with Crippen LogP contribution in [-0.2, 0) is 12.8 Å². The van der Waals surface area contributed by atoms with Gasteiger partial charge in [0.1, 0.15) is 0 Å². The van der Waals surface area contributed by atoms with Crippen LogP contribution in [0.3, 0.4) is 0 Å². The van der Waals surface area contributed by atoms with Crippen LogP contribution in [0, 0.1) is 0 Å². The van der Waals surface area contributed by atoms with Crippen LogP contribution in [0.4, 0.5) is 0 Å². The molecule has 0 fully saturated rings. The molecule has 2 aromatic rings. The summed E-state index contributed by atoms with van der Waals surface area (Å²) in [5.74, 6) is 1.34. The average Bonchev–Trinajstić information content (AvgIpc) is 2.51. The van der Waals surface area contributed by atoms with Crippen molar-refractivity contribution >= 4 is 0 Å². The quantitative estimate of drug-likeness (QED) is 0.766. The predicted molar refractivity (Wildman–Crippen MR) is 86.0 cm³/mol. The first-order valence-corrected chi connectivity index (χ1v) is 7.53. The lowest BCUT2D eigenvalue weighted by Crippen LogP contribution is -2.00. The Kier molecular flexibility index (Phi) is 5.53. The molecule has 0 saturated heterocycles. The van der Waals surface area contributed by atoms with Crippen molar-refractivity contribution in [1.29, 1.82) is 0 Å². The summed E-state index contributed by atoms with van der Waals surface area (Å²) in [6.07, 6.45) is 1.59. The van der Waals surface area contributed by atoms with Gasteiger partial charge in [-0.2, -0.15) is 0 Å². The highest BCUT2D eigenvalue weighted by Gasteiger charge is 2.07. The molecule has 0 unspecified atom stereocenters. The first kappa shape index (κ1) is 16.0. The fourth-order valence-electron chi connectivity index (χ4n) is 2.26. The first-order chi connectivity index (χ1) is 10.6. The Morgan fingerprint density at radius 2 is 1.32 bits per heavy atom. The maximum atomic E-state index is 9.52. The second-order valence-corrected chi connectivity index (χ2v) is 4.97. The number of aryl methyl sites for hydroxylation is 2. The lowest BCUT2D eigenvalue weighted by molar-refractivity contribution is 0.287. The molecule has 2 aromatic carbocycles. The van der Waals surface area contributed by atoms with Gasteiger partial charge in [-0.1, -0.05) is 12.1 Å². The molecule has 2 N–H and O–H groups in total. The Labute approximate surface area is 130 Å². The van der Waals surface area contributed by atoms with Crippen molar-refractivity contribution in [2.24, 2.45) is 0 Å². The van der Waals surface area contributed by atoms with E-state index >= 15 is 0 Å². The summed E-state index contributed by atoms with van der Waals surface area (Å²) in [5, 5.41) is 18.8. The van der Waals surface area contributed by atoms with Gasteiger partial charge in [0.2, 0.25) is 0 Å². The van der Waals surface area contributed by atoms with Gasteiger partial charge in [-0.15, -0.1) is 0 Å². The van der Waals surface area contributed by atoms with Crippen LogP contribution >= 0.6 is 0 Å². The van der Waals surface area contributed by atoms with E-state index in [2.05, 4.69) is 0 Å². The van der Waals surface area contributed by atoms with E-state index in [4.69, 9.17) is 9.47 Å². The molecule has 118 valence electrons. The standard InChI is InChI=1S/C18H22O4/c1-3-21-17-10-8-14(12-18(17)22-4-2)6-5-13-7-9-15(19)16(20)11-13/h7-12,19-20H,3-6H2,1-2H3. The zero-order valence-electron chi connectivity index (χ0n) is 13.0. The van der Waals surface area contributed by atoms with E-state index in [1.165, 1.54) is 6.07 Å². The average molecular weight is 302 g/mol. The van der Waals surface area contributed by atoms with Crippen molar-refractivity contribution in [2.75, 3.05) is 13.2 Å². The smallest absolute Gasteiger partial charge is 0.161 e. The van der Waals surface area contributed by atoms with E-state index in [1.807, 2.05) is 38.1 Å². The third kappa shape index (κ3) is 4.07. The summed E-state index contributed by atoms with van der Waals surface area (Å²) in [4.78, 5) is 0. The molecule has 0 spiro atoms. The molecule has 4 heteroatoms. The number of phenols is 2. The number of hydrogen-bond donors (Lipinski definition) is 2. The summed E-state index contributed by atoms with van der Waals surface area (Å²) < 4.78 is 11.2. The second-order valence-electron chi connectivity index (χ2n) is 4.97. The third-order valence-electron chi connectivity index (χ3n) is 3.35. The van der Waals surface area contributed by atoms with Crippen LogP contribution in [0.1, 0.15) is 25.0 Å². The topological polar surface area (TPSA) is 58.9 Å². The number of aromatic hydroxyl groups is 2. The summed E-state index contributed by atoms with van der Waals surface area (Å²) in [6.45, 7) is 5.09. The van der Waals surface area contributed by atoms with Crippen molar-refractivity contribution < 1.29 is 19.7 Å². The Hall–Kier alpha value is -2.36. The Morgan fingerprint density at radius 3 is 1.95 bits per heavy atom. The monoisotopic (exact) mass is 302 g/mol. The number of ether oxygens (including phenoxy) is 2. The van der Waals surface area contributed by atoms with Crippen molar-refractivity contribution in [1.82, 2.24) is 0 Å². The lowest BCUT2D eigenvalue weighted by Gasteiger charge is -2.12. The predicted octanol–water partition coefficient (Wildman–Crippen LogP) is 3.68. The van der Waals surface area contributed by atoms with Crippen LogP contribution in [0.25, 0.3) is 0 Å². The van der Waals surface area contributed by atoms with Gasteiger partial charge in [0, 0.05) is 0 Å². The number of phenolic OH excluding ortho intramolecular Hbond substituents is 2. The molecule has 0 aliphatic carbocycles. The molecule has 0 radical (unpaired) electrons. The minimum absolute atomic E-state index is 0.0841. The fourth-order valence-corrected chi connectivity index (χ4v) is 2.26. The van der Waals surface area contributed by atoms with Gasteiger partial charge in [-0.3, -0.25) is 0 Å². The van der Waals surface area contributed by atoms with Crippen molar-refractivity contribution in [3.05, 3.63) is 47.5 Å². The van der Waals surface area contributed by atoms with Crippen LogP contribution in [0.5, 0.6) is 23.0 Å². The summed E-state index contributed by atoms with van der Waals surface area (Å²) >= 11 is 0. The molecule has 0 amide bonds. The van der Waals surface area contributed by atoms with E-state index in [-0.39, 0.29) is 11.5 Å². The highest BCUT2D eigenvalue weighted by atomic mass is 16.5. The molecule has 0 heterocycles. The summed E-state index contributed by atoms with van der Waals surface area (Å²) in [7, 11) is 0. The molecule has 0 saturated carbocycles. The van der Waals surface area contributed by atoms with Gasteiger partial charge in [0.05, 0.1) is 13.2 Å². The van der Waals surface area contributed by atoms with Crippen LogP contribution in [0.2, 0.25) is 0 Å². The molecular weight excluding hydrogens is 280 g/mol. The minimum atomic E-state index is -0.0940. The van der Waals surface area contributed by atoms with E-state index in [9.17, 15) is 10.2 Å². The number of benzene rings is 2. The molecule has 22 heavy (non-hydrogen) atoms. The van der Waals surface area contributed by atoms with Crippen LogP contribution in [-0.4, -0.2) is 23.4 Å². The maximum Gasteiger partial charge on any atom is 0.161 e. The molecule has 0 bridgehead atoms. The highest BCUT2D eigenvalue weighted by molar-refractivity contribution is 5.44. The van der Waals surface area contributed by atoms with Gasteiger partial charge in [-0.05, 0) is 62.1 Å². The molecule has 0 aliphatic rings. The maximum absolute atomic E-state index is 9.52. The van der Waals surface area contributed by atoms with Crippen LogP contribution < -0.4 is 9.47 Å². The largest absolute Gasteiger partial charge is 0.504 e. The summed E-state index contributed by atoms with van der Waals surface area (Å²) in [6, 6.07) is 10.9. The van der Waals surface area contributed by atoms with E-state index < -0.39 is 0 Å². The lowest BCUT2D eigenvalue weighted by atomic mass is 10.0. The van der Waals surface area contributed by atoms with Crippen molar-refractivity contribution in [3.8, 4) is 23.0 Å². The van der Waals surface area contributed by atoms with Gasteiger partial charge in [0.25, 0.3) is 0 Å². The zero-order chi connectivity index (χ0) is 15.9. The zero-order valence-corrected chi connectivity index (χ0v) is 13.0. The van der Waals surface area contributed by atoms with Crippen molar-refractivity contribution in [3.63, 3.8) is 0 Å². The normalized spacial score (nSPS) is 10.5. The highest BCUT2D eigenvalue weighted by Crippen LogP contribution is 2.30.